The standard InChI is InChI=1S/C32H38ClFN6O4Si/c1-20(19-44-45(5,6)32(2,3)4)39(28(42)18-40-26-13-8-7-10-23(26)30(38-40)31(35)43)17-27(41)37-25-12-9-11-22(29(25)34)21-14-15-36-16-24(21)33/h7-16,20H,17-19H2,1-6H3,(H2,35,43)(H,37,41). The Labute approximate surface area is 267 Å². The molecule has 0 fully saturated rings. The molecule has 1 unspecified atom stereocenters. The van der Waals surface area contributed by atoms with E-state index in [0.717, 1.165) is 0 Å². The number of nitrogens with zero attached hydrogens (tertiary/aromatic N) is 4. The third-order valence-electron chi connectivity index (χ3n) is 8.17. The van der Waals surface area contributed by atoms with E-state index in [9.17, 15) is 14.4 Å². The number of fused-ring (bicyclic) bond motifs is 1. The maximum absolute atomic E-state index is 15.6. The first-order valence-electron chi connectivity index (χ1n) is 14.5. The summed E-state index contributed by atoms with van der Waals surface area (Å²) in [4.78, 5) is 44.6. The summed E-state index contributed by atoms with van der Waals surface area (Å²) >= 11 is 6.24. The Morgan fingerprint density at radius 3 is 2.49 bits per heavy atom. The number of nitrogens with one attached hydrogen (secondary N) is 1. The SMILES string of the molecule is CC(CO[Si](C)(C)C(C)(C)C)N(CC(=O)Nc1cccc(-c2ccncc2Cl)c1F)C(=O)Cn1nc(C(N)=O)c2ccccc21. The number of primary amides is 1. The number of halogens is 2. The van der Waals surface area contributed by atoms with Gasteiger partial charge in [0.15, 0.2) is 19.8 Å². The number of rotatable bonds is 11. The Morgan fingerprint density at radius 2 is 1.82 bits per heavy atom. The summed E-state index contributed by atoms with van der Waals surface area (Å²) in [5, 5.41) is 7.61. The topological polar surface area (TPSA) is 132 Å². The fraction of sp³-hybridized carbons (Fsp3) is 0.344. The summed E-state index contributed by atoms with van der Waals surface area (Å²) < 4.78 is 23.4. The molecule has 3 N–H and O–H groups in total. The van der Waals surface area contributed by atoms with Gasteiger partial charge in [-0.2, -0.15) is 5.10 Å². The highest BCUT2D eigenvalue weighted by Crippen LogP contribution is 2.37. The third kappa shape index (κ3) is 7.58. The maximum Gasteiger partial charge on any atom is 0.269 e. The summed E-state index contributed by atoms with van der Waals surface area (Å²) in [5.74, 6) is -2.45. The van der Waals surface area contributed by atoms with Crippen molar-refractivity contribution in [3.63, 3.8) is 0 Å². The van der Waals surface area contributed by atoms with Crippen molar-refractivity contribution < 1.29 is 23.2 Å². The van der Waals surface area contributed by atoms with Crippen LogP contribution in [0.15, 0.2) is 60.9 Å². The third-order valence-corrected chi connectivity index (χ3v) is 13.0. The number of aromatic nitrogens is 3. The van der Waals surface area contributed by atoms with Gasteiger partial charge in [0, 0.05) is 28.9 Å². The van der Waals surface area contributed by atoms with E-state index in [1.807, 2.05) is 0 Å². The highest BCUT2D eigenvalue weighted by Gasteiger charge is 2.38. The van der Waals surface area contributed by atoms with Crippen LogP contribution in [0.5, 0.6) is 0 Å². The van der Waals surface area contributed by atoms with E-state index in [2.05, 4.69) is 49.3 Å². The van der Waals surface area contributed by atoms with Crippen molar-refractivity contribution in [3.05, 3.63) is 77.5 Å². The van der Waals surface area contributed by atoms with E-state index >= 15 is 4.39 Å². The lowest BCUT2D eigenvalue weighted by molar-refractivity contribution is -0.138. The number of para-hydroxylation sites is 1. The van der Waals surface area contributed by atoms with E-state index in [1.165, 1.54) is 28.0 Å². The quantitative estimate of drug-likeness (QED) is 0.195. The van der Waals surface area contributed by atoms with Crippen LogP contribution < -0.4 is 11.1 Å². The number of carbonyl (C=O) groups excluding carboxylic acids is 3. The molecule has 0 saturated heterocycles. The van der Waals surface area contributed by atoms with Gasteiger partial charge in [0.2, 0.25) is 11.8 Å². The fourth-order valence-electron chi connectivity index (χ4n) is 4.55. The molecule has 0 aliphatic rings. The second-order valence-electron chi connectivity index (χ2n) is 12.4. The average Bonchev–Trinajstić information content (AvgIpc) is 3.34. The second kappa shape index (κ2) is 13.5. The van der Waals surface area contributed by atoms with Crippen LogP contribution in [0.2, 0.25) is 23.2 Å². The van der Waals surface area contributed by atoms with Gasteiger partial charge in [-0.05, 0) is 43.3 Å². The molecule has 2 aromatic carbocycles. The predicted octanol–water partition coefficient (Wildman–Crippen LogP) is 5.87. The zero-order valence-electron chi connectivity index (χ0n) is 26.2. The fourth-order valence-corrected chi connectivity index (χ4v) is 5.86. The van der Waals surface area contributed by atoms with Gasteiger partial charge in [-0.15, -0.1) is 0 Å². The molecule has 0 spiro atoms. The number of hydrogen-bond acceptors (Lipinski definition) is 6. The van der Waals surface area contributed by atoms with E-state index < -0.39 is 37.9 Å². The van der Waals surface area contributed by atoms with Gasteiger partial charge in [0.05, 0.1) is 28.9 Å². The van der Waals surface area contributed by atoms with E-state index in [-0.39, 0.29) is 46.7 Å². The average molecular weight is 653 g/mol. The Morgan fingerprint density at radius 1 is 1.11 bits per heavy atom. The lowest BCUT2D eigenvalue weighted by Crippen LogP contribution is -2.50. The molecule has 0 aliphatic heterocycles. The second-order valence-corrected chi connectivity index (χ2v) is 17.6. The van der Waals surface area contributed by atoms with Crippen LogP contribution in [0.25, 0.3) is 22.0 Å². The van der Waals surface area contributed by atoms with Crippen LogP contribution in [-0.4, -0.2) is 64.9 Å². The summed E-state index contributed by atoms with van der Waals surface area (Å²) in [5.41, 5.74) is 6.68. The van der Waals surface area contributed by atoms with E-state index in [0.29, 0.717) is 16.5 Å². The largest absolute Gasteiger partial charge is 0.415 e. The first-order valence-corrected chi connectivity index (χ1v) is 17.8. The van der Waals surface area contributed by atoms with Crippen molar-refractivity contribution in [2.24, 2.45) is 5.73 Å². The van der Waals surface area contributed by atoms with Gasteiger partial charge in [0.1, 0.15) is 13.1 Å². The van der Waals surface area contributed by atoms with Gasteiger partial charge in [-0.25, -0.2) is 4.39 Å². The molecule has 1 atom stereocenters. The molecule has 2 heterocycles. The molecule has 10 nitrogen and oxygen atoms in total. The molecular weight excluding hydrogens is 615 g/mol. The van der Waals surface area contributed by atoms with E-state index in [4.69, 9.17) is 21.8 Å². The Hall–Kier alpha value is -4.13. The first kappa shape index (κ1) is 33.8. The monoisotopic (exact) mass is 652 g/mol. The molecule has 45 heavy (non-hydrogen) atoms. The first-order chi connectivity index (χ1) is 21.1. The molecule has 4 rings (SSSR count). The zero-order chi connectivity index (χ0) is 33.1. The summed E-state index contributed by atoms with van der Waals surface area (Å²) in [6.07, 6.45) is 2.91. The number of hydrogen-bond donors (Lipinski definition) is 2. The van der Waals surface area contributed by atoms with Gasteiger partial charge in [-0.3, -0.25) is 24.0 Å². The summed E-state index contributed by atoms with van der Waals surface area (Å²) in [7, 11) is -2.19. The summed E-state index contributed by atoms with van der Waals surface area (Å²) in [6, 6.07) is 12.6. The number of carbonyl (C=O) groups is 3. The van der Waals surface area contributed by atoms with Crippen molar-refractivity contribution >= 4 is 54.2 Å². The minimum absolute atomic E-state index is 0.0432. The Balaban J connectivity index is 1.61. The summed E-state index contributed by atoms with van der Waals surface area (Å²) in [6.45, 7) is 11.9. The molecule has 0 aliphatic carbocycles. The molecule has 2 aromatic heterocycles. The van der Waals surface area contributed by atoms with Gasteiger partial charge >= 0.3 is 0 Å². The number of amides is 3. The van der Waals surface area contributed by atoms with Crippen LogP contribution in [-0.2, 0) is 20.6 Å². The maximum atomic E-state index is 15.6. The van der Waals surface area contributed by atoms with Crippen LogP contribution in [0.4, 0.5) is 10.1 Å². The number of anilines is 1. The Bertz CT molecular complexity index is 1740. The van der Waals surface area contributed by atoms with Crippen LogP contribution in [0.1, 0.15) is 38.2 Å². The zero-order valence-corrected chi connectivity index (χ0v) is 28.0. The van der Waals surface area contributed by atoms with Gasteiger partial charge in [-0.1, -0.05) is 62.7 Å². The van der Waals surface area contributed by atoms with Crippen molar-refractivity contribution in [2.45, 2.75) is 58.4 Å². The van der Waals surface area contributed by atoms with Crippen molar-refractivity contribution in [2.75, 3.05) is 18.5 Å². The van der Waals surface area contributed by atoms with Gasteiger partial charge < -0.3 is 20.4 Å². The molecule has 0 saturated carbocycles. The Kier molecular flexibility index (Phi) is 10.1. The number of nitrogens with two attached hydrogens (primary N) is 1. The molecule has 0 radical (unpaired) electrons. The minimum atomic E-state index is -2.19. The predicted molar refractivity (Wildman–Crippen MR) is 176 cm³/mol. The number of benzene rings is 2. The molecule has 3 amide bonds. The highest BCUT2D eigenvalue weighted by atomic mass is 35.5. The molecule has 0 bridgehead atoms. The lowest BCUT2D eigenvalue weighted by atomic mass is 10.1. The molecule has 238 valence electrons. The normalized spacial score (nSPS) is 12.6. The lowest BCUT2D eigenvalue weighted by Gasteiger charge is -2.38. The molecule has 13 heteroatoms. The van der Waals surface area contributed by atoms with Crippen molar-refractivity contribution in [1.82, 2.24) is 19.7 Å². The highest BCUT2D eigenvalue weighted by molar-refractivity contribution is 6.74. The number of pyridine rings is 1. The smallest absolute Gasteiger partial charge is 0.269 e. The van der Waals surface area contributed by atoms with Crippen molar-refractivity contribution in [3.8, 4) is 11.1 Å². The molecular formula is C32H38ClFN6O4Si. The van der Waals surface area contributed by atoms with Crippen molar-refractivity contribution in [1.29, 1.82) is 0 Å². The van der Waals surface area contributed by atoms with Crippen LogP contribution in [0.3, 0.4) is 0 Å². The molecule has 4 aromatic rings. The van der Waals surface area contributed by atoms with E-state index in [1.54, 1.807) is 49.4 Å². The van der Waals surface area contributed by atoms with Crippen LogP contribution >= 0.6 is 11.6 Å². The van der Waals surface area contributed by atoms with Crippen LogP contribution in [0, 0.1) is 5.82 Å². The minimum Gasteiger partial charge on any atom is -0.415 e. The van der Waals surface area contributed by atoms with Gasteiger partial charge in [0.25, 0.3) is 5.91 Å².